The quantitative estimate of drug-likeness (QED) is 0.0394. The van der Waals surface area contributed by atoms with Gasteiger partial charge in [0, 0.05) is 13.0 Å². The number of rotatable bonds is 30. The normalized spacial score (nSPS) is 12.9. The minimum absolute atomic E-state index is 0.0292. The van der Waals surface area contributed by atoms with Gasteiger partial charge in [0.15, 0.2) is 0 Å². The summed E-state index contributed by atoms with van der Waals surface area (Å²) in [4.78, 5) is 9.83. The summed E-state index contributed by atoms with van der Waals surface area (Å²) in [7, 11) is -0.490. The fourth-order valence-electron chi connectivity index (χ4n) is 3.69. The Morgan fingerprint density at radius 3 is 1.58 bits per heavy atom. The number of methoxy groups -OCH3 is 1. The molecule has 218 valence electrons. The van der Waals surface area contributed by atoms with Gasteiger partial charge in [-0.05, 0) is 19.3 Å². The van der Waals surface area contributed by atoms with Crippen LogP contribution in [0.15, 0.2) is 0 Å². The second kappa shape index (κ2) is 28.0. The molecule has 8 nitrogen and oxygen atoms in total. The smallest absolute Gasteiger partial charge is 0.382 e. The third-order valence-corrected chi connectivity index (χ3v) is 7.47. The van der Waals surface area contributed by atoms with Crippen LogP contribution in [0.3, 0.4) is 0 Å². The molecule has 0 aromatic heterocycles. The molecule has 0 saturated carbocycles. The highest BCUT2D eigenvalue weighted by Crippen LogP contribution is 2.50. The van der Waals surface area contributed by atoms with Crippen LogP contribution in [0.5, 0.6) is 0 Å². The zero-order chi connectivity index (χ0) is 26.6. The molecule has 0 spiro atoms. The molecule has 0 aromatic carbocycles. The lowest BCUT2D eigenvalue weighted by Crippen LogP contribution is -2.19. The Hall–Kier alpha value is -0.0500. The summed E-state index contributed by atoms with van der Waals surface area (Å²) in [5, 5.41) is 0. The summed E-state index contributed by atoms with van der Waals surface area (Å²) < 4.78 is 41.0. The molecular weight excluding hydrogens is 483 g/mol. The lowest BCUT2D eigenvalue weighted by Gasteiger charge is -2.20. The van der Waals surface area contributed by atoms with Crippen molar-refractivity contribution in [3.63, 3.8) is 0 Å². The Bertz CT molecular complexity index is 457. The Labute approximate surface area is 222 Å². The molecule has 1 atom stereocenters. The largest absolute Gasteiger partial charge is 0.474 e. The highest BCUT2D eigenvalue weighted by Gasteiger charge is 2.27. The topological polar surface area (TPSA) is 81.7 Å². The Kier molecular flexibility index (Phi) is 27.9. The van der Waals surface area contributed by atoms with Gasteiger partial charge in [0.2, 0.25) is 0 Å². The third kappa shape index (κ3) is 24.3. The molecule has 0 fully saturated rings. The molecule has 0 amide bonds. The number of ether oxygens (including phenoxy) is 2. The summed E-state index contributed by atoms with van der Waals surface area (Å²) in [6.45, 7) is 7.31. The van der Waals surface area contributed by atoms with Gasteiger partial charge in [0.05, 0.1) is 53.4 Å². The van der Waals surface area contributed by atoms with Crippen molar-refractivity contribution in [1.29, 1.82) is 0 Å². The van der Waals surface area contributed by atoms with Crippen LogP contribution in [0.1, 0.15) is 110 Å². The van der Waals surface area contributed by atoms with Crippen LogP contribution in [0.2, 0.25) is 0 Å². The second-order valence-corrected chi connectivity index (χ2v) is 11.0. The average Bonchev–Trinajstić information content (AvgIpc) is 2.88. The van der Waals surface area contributed by atoms with E-state index in [0.29, 0.717) is 46.1 Å². The van der Waals surface area contributed by atoms with Crippen molar-refractivity contribution < 1.29 is 37.4 Å². The third-order valence-electron chi connectivity index (χ3n) is 5.98. The molecule has 0 rings (SSSR count). The van der Waals surface area contributed by atoms with Crippen molar-refractivity contribution in [3.8, 4) is 0 Å². The van der Waals surface area contributed by atoms with E-state index in [-0.39, 0.29) is 12.5 Å². The van der Waals surface area contributed by atoms with Gasteiger partial charge in [-0.2, -0.15) is 0 Å². The molecule has 0 saturated heterocycles. The van der Waals surface area contributed by atoms with Crippen molar-refractivity contribution in [3.05, 3.63) is 0 Å². The molecule has 1 unspecified atom stereocenters. The van der Waals surface area contributed by atoms with Gasteiger partial charge in [-0.15, -0.1) is 0 Å². The van der Waals surface area contributed by atoms with Crippen LogP contribution in [0.25, 0.3) is 0 Å². The van der Waals surface area contributed by atoms with Crippen molar-refractivity contribution in [2.45, 2.75) is 110 Å². The van der Waals surface area contributed by atoms with Gasteiger partial charge in [0.1, 0.15) is 0 Å². The fraction of sp³-hybridized carbons (Fsp3) is 1.00. The maximum absolute atomic E-state index is 13.3. The number of phosphoric acid groups is 1. The zero-order valence-corrected chi connectivity index (χ0v) is 24.7. The van der Waals surface area contributed by atoms with Crippen molar-refractivity contribution in [2.75, 3.05) is 60.5 Å². The Balaban J connectivity index is 4.48. The minimum Gasteiger partial charge on any atom is -0.382 e. The fourth-order valence-corrected chi connectivity index (χ4v) is 4.94. The number of phosphoric ester groups is 1. The molecule has 0 bridgehead atoms. The van der Waals surface area contributed by atoms with Gasteiger partial charge in [0.25, 0.3) is 0 Å². The van der Waals surface area contributed by atoms with Crippen LogP contribution in [0.4, 0.5) is 0 Å². The zero-order valence-electron chi connectivity index (χ0n) is 23.8. The summed E-state index contributed by atoms with van der Waals surface area (Å²) >= 11 is 0. The maximum atomic E-state index is 13.3. The summed E-state index contributed by atoms with van der Waals surface area (Å²) in [5.74, 6) is 0.0292. The maximum Gasteiger partial charge on any atom is 0.474 e. The highest BCUT2D eigenvalue weighted by atomic mass is 31.2. The van der Waals surface area contributed by atoms with Crippen LogP contribution in [-0.4, -0.2) is 60.5 Å². The second-order valence-electron chi connectivity index (χ2n) is 9.36. The van der Waals surface area contributed by atoms with Crippen molar-refractivity contribution in [1.82, 2.24) is 0 Å². The monoisotopic (exact) mass is 540 g/mol. The molecule has 0 aliphatic rings. The van der Waals surface area contributed by atoms with E-state index < -0.39 is 7.82 Å². The lowest BCUT2D eigenvalue weighted by molar-refractivity contribution is -0.282. The molecule has 0 heterocycles. The number of hydrogen-bond acceptors (Lipinski definition) is 8. The minimum atomic E-state index is -3.60. The summed E-state index contributed by atoms with van der Waals surface area (Å²) in [5.41, 5.74) is 0. The highest BCUT2D eigenvalue weighted by molar-refractivity contribution is 7.48. The predicted molar refractivity (Wildman–Crippen MR) is 145 cm³/mol. The average molecular weight is 541 g/mol. The molecule has 0 radical (unpaired) electrons. The first kappa shape index (κ1) is 35.9. The summed E-state index contributed by atoms with van der Waals surface area (Å²) in [6.07, 6.45) is 16.9. The van der Waals surface area contributed by atoms with E-state index in [1.807, 2.05) is 0 Å². The summed E-state index contributed by atoms with van der Waals surface area (Å²) in [6, 6.07) is 0. The van der Waals surface area contributed by atoms with Crippen molar-refractivity contribution in [2.24, 2.45) is 5.92 Å². The number of hydrogen-bond donors (Lipinski definition) is 0. The van der Waals surface area contributed by atoms with E-state index in [9.17, 15) is 4.57 Å². The van der Waals surface area contributed by atoms with Gasteiger partial charge in [-0.25, -0.2) is 14.3 Å². The molecule has 0 N–H and O–H groups in total. The van der Waals surface area contributed by atoms with Gasteiger partial charge < -0.3 is 9.47 Å². The lowest BCUT2D eigenvalue weighted by atomic mass is 10.1. The SMILES string of the molecule is CCCCCCCCCOP(=O)(OCCCCCCCCC)OCCC(COCCOC)COOC. The predicted octanol–water partition coefficient (Wildman–Crippen LogP) is 7.89. The standard InChI is InChI=1S/C27H57O8P/c1-5-7-9-11-13-15-17-20-33-36(28,34-21-18-16-14-12-10-8-6-2)35-22-19-27(26-32-30-4)25-31-24-23-29-3/h27H,5-26H2,1-4H3. The van der Waals surface area contributed by atoms with E-state index in [1.165, 1.54) is 71.3 Å². The van der Waals surface area contributed by atoms with Crippen molar-refractivity contribution >= 4 is 7.82 Å². The van der Waals surface area contributed by atoms with E-state index in [4.69, 9.17) is 32.8 Å². The van der Waals surface area contributed by atoms with Crippen LogP contribution < -0.4 is 0 Å². The first-order valence-corrected chi connectivity index (χ1v) is 15.8. The first-order valence-electron chi connectivity index (χ1n) is 14.4. The van der Waals surface area contributed by atoms with Gasteiger partial charge >= 0.3 is 7.82 Å². The van der Waals surface area contributed by atoms with Crippen LogP contribution >= 0.6 is 7.82 Å². The molecule has 0 aromatic rings. The molecule has 36 heavy (non-hydrogen) atoms. The molecular formula is C27H57O8P. The van der Waals surface area contributed by atoms with Gasteiger partial charge in [-0.3, -0.25) is 13.6 Å². The molecule has 9 heteroatoms. The van der Waals surface area contributed by atoms with Crippen LogP contribution in [0, 0.1) is 5.92 Å². The first-order chi connectivity index (χ1) is 17.6. The Morgan fingerprint density at radius 2 is 1.08 bits per heavy atom. The van der Waals surface area contributed by atoms with E-state index in [1.54, 1.807) is 7.11 Å². The molecule has 0 aliphatic carbocycles. The number of unbranched alkanes of at least 4 members (excludes halogenated alkanes) is 12. The molecule has 0 aliphatic heterocycles. The van der Waals surface area contributed by atoms with E-state index in [0.717, 1.165) is 25.7 Å². The van der Waals surface area contributed by atoms with E-state index in [2.05, 4.69) is 13.8 Å². The van der Waals surface area contributed by atoms with Crippen LogP contribution in [-0.2, 0) is 37.4 Å². The van der Waals surface area contributed by atoms with Gasteiger partial charge in [-0.1, -0.05) is 90.9 Å². The van der Waals surface area contributed by atoms with E-state index >= 15 is 0 Å². The Morgan fingerprint density at radius 1 is 0.583 bits per heavy atom.